The van der Waals surface area contributed by atoms with Crippen LogP contribution in [0.3, 0.4) is 0 Å². The molecule has 0 fully saturated rings. The molecule has 2 nitrogen and oxygen atoms in total. The van der Waals surface area contributed by atoms with E-state index in [1.165, 1.54) is 87.4 Å². The molecule has 0 amide bonds. The van der Waals surface area contributed by atoms with Crippen molar-refractivity contribution in [3.05, 3.63) is 115 Å². The van der Waals surface area contributed by atoms with Crippen molar-refractivity contribution in [2.75, 3.05) is 11.4 Å². The third kappa shape index (κ3) is 7.80. The van der Waals surface area contributed by atoms with Gasteiger partial charge in [-0.3, -0.25) is 0 Å². The first-order valence-corrected chi connectivity index (χ1v) is 16.2. The highest BCUT2D eigenvalue weighted by Gasteiger charge is 2.50. The number of para-hydroxylation sites is 1. The van der Waals surface area contributed by atoms with Gasteiger partial charge in [0.05, 0.1) is 0 Å². The number of rotatable bonds is 18. The minimum atomic E-state index is -0.197. The zero-order valence-electron chi connectivity index (χ0n) is 25.2. The molecular weight excluding hydrogens is 484 g/mol. The van der Waals surface area contributed by atoms with Crippen LogP contribution in [0.4, 0.5) is 5.69 Å². The Kier molecular flexibility index (Phi) is 12.2. The lowest BCUT2D eigenvalue weighted by molar-refractivity contribution is 0.125. The predicted molar refractivity (Wildman–Crippen MR) is 174 cm³/mol. The molecule has 214 valence electrons. The number of benzene rings is 3. The fourth-order valence-electron chi connectivity index (χ4n) is 6.75. The Morgan fingerprint density at radius 3 is 1.68 bits per heavy atom. The Bertz CT molecular complexity index is 1090. The summed E-state index contributed by atoms with van der Waals surface area (Å²) in [5, 5.41) is 0. The minimum absolute atomic E-state index is 0.197. The Morgan fingerprint density at radius 1 is 0.575 bits per heavy atom. The standard InChI is InChI=1S/C38H52N2/c1-3-5-6-7-8-9-10-11-12-13-23-30-39-31-32-40(36-28-21-16-22-29-36)38(39,33-34-24-17-14-18-25-34)37(4-2)35-26-19-15-20-27-35/h14-22,24-29,31-32,37H,3-13,23,30,33H2,1-2H3. The summed E-state index contributed by atoms with van der Waals surface area (Å²) in [5.74, 6) is 0.358. The fraction of sp³-hybridized carbons (Fsp3) is 0.474. The number of anilines is 1. The van der Waals surface area contributed by atoms with Crippen molar-refractivity contribution in [1.29, 1.82) is 0 Å². The summed E-state index contributed by atoms with van der Waals surface area (Å²) in [6.45, 7) is 5.76. The molecule has 4 rings (SSSR count). The van der Waals surface area contributed by atoms with Crippen molar-refractivity contribution in [3.8, 4) is 0 Å². The number of unbranched alkanes of at least 4 members (excludes halogenated alkanes) is 10. The molecule has 2 atom stereocenters. The molecule has 40 heavy (non-hydrogen) atoms. The van der Waals surface area contributed by atoms with Crippen LogP contribution in [0.5, 0.6) is 0 Å². The Balaban J connectivity index is 1.51. The van der Waals surface area contributed by atoms with Crippen LogP contribution >= 0.6 is 0 Å². The first-order valence-electron chi connectivity index (χ1n) is 16.2. The lowest BCUT2D eigenvalue weighted by Gasteiger charge is -2.51. The van der Waals surface area contributed by atoms with E-state index in [-0.39, 0.29) is 5.66 Å². The lowest BCUT2D eigenvalue weighted by Crippen LogP contribution is -2.59. The molecule has 0 saturated heterocycles. The maximum atomic E-state index is 2.70. The van der Waals surface area contributed by atoms with Gasteiger partial charge in [0.25, 0.3) is 0 Å². The van der Waals surface area contributed by atoms with Gasteiger partial charge in [0.15, 0.2) is 0 Å². The quantitative estimate of drug-likeness (QED) is 0.149. The van der Waals surface area contributed by atoms with Crippen LogP contribution in [0.25, 0.3) is 0 Å². The van der Waals surface area contributed by atoms with Crippen LogP contribution in [0.2, 0.25) is 0 Å². The molecule has 0 spiro atoms. The van der Waals surface area contributed by atoms with Gasteiger partial charge < -0.3 is 9.80 Å². The first kappa shape index (κ1) is 30.0. The van der Waals surface area contributed by atoms with E-state index in [0.29, 0.717) is 5.92 Å². The van der Waals surface area contributed by atoms with Gasteiger partial charge in [0.1, 0.15) is 5.66 Å². The van der Waals surface area contributed by atoms with Crippen LogP contribution < -0.4 is 4.90 Å². The fourth-order valence-corrected chi connectivity index (χ4v) is 6.75. The third-order valence-electron chi connectivity index (χ3n) is 8.82. The lowest BCUT2D eigenvalue weighted by atomic mass is 9.78. The minimum Gasteiger partial charge on any atom is -0.352 e. The maximum Gasteiger partial charge on any atom is 0.127 e. The summed E-state index contributed by atoms with van der Waals surface area (Å²) < 4.78 is 0. The van der Waals surface area contributed by atoms with Gasteiger partial charge in [0.2, 0.25) is 0 Å². The summed E-state index contributed by atoms with van der Waals surface area (Å²) in [5.41, 5.74) is 3.89. The van der Waals surface area contributed by atoms with Gasteiger partial charge in [-0.1, -0.05) is 157 Å². The van der Waals surface area contributed by atoms with Crippen LogP contribution in [-0.2, 0) is 6.42 Å². The Morgan fingerprint density at radius 2 is 1.10 bits per heavy atom. The van der Waals surface area contributed by atoms with E-state index in [2.05, 4.69) is 127 Å². The van der Waals surface area contributed by atoms with E-state index >= 15 is 0 Å². The van der Waals surface area contributed by atoms with Crippen LogP contribution in [-0.4, -0.2) is 17.1 Å². The average molecular weight is 537 g/mol. The van der Waals surface area contributed by atoms with Gasteiger partial charge in [-0.15, -0.1) is 0 Å². The average Bonchev–Trinajstić information content (AvgIpc) is 3.35. The molecular formula is C38H52N2. The second-order valence-electron chi connectivity index (χ2n) is 11.6. The normalized spacial score (nSPS) is 17.4. The van der Waals surface area contributed by atoms with Crippen LogP contribution in [0.15, 0.2) is 103 Å². The molecule has 2 unspecified atom stereocenters. The van der Waals surface area contributed by atoms with Crippen molar-refractivity contribution >= 4 is 5.69 Å². The topological polar surface area (TPSA) is 6.48 Å². The monoisotopic (exact) mass is 536 g/mol. The molecule has 1 aliphatic rings. The van der Waals surface area contributed by atoms with Crippen molar-refractivity contribution in [2.24, 2.45) is 0 Å². The Labute approximate surface area is 245 Å². The van der Waals surface area contributed by atoms with Crippen molar-refractivity contribution < 1.29 is 0 Å². The summed E-state index contributed by atoms with van der Waals surface area (Å²) in [4.78, 5) is 5.28. The molecule has 1 aliphatic heterocycles. The number of hydrogen-bond acceptors (Lipinski definition) is 2. The second-order valence-corrected chi connectivity index (χ2v) is 11.6. The molecule has 3 aromatic carbocycles. The maximum absolute atomic E-state index is 2.70. The van der Waals surface area contributed by atoms with Crippen molar-refractivity contribution in [2.45, 2.75) is 109 Å². The van der Waals surface area contributed by atoms with E-state index in [1.54, 1.807) is 0 Å². The van der Waals surface area contributed by atoms with E-state index in [9.17, 15) is 0 Å². The third-order valence-corrected chi connectivity index (χ3v) is 8.82. The Hall–Kier alpha value is -3.00. The van der Waals surface area contributed by atoms with Crippen LogP contribution in [0, 0.1) is 0 Å². The molecule has 1 heterocycles. The summed E-state index contributed by atoms with van der Waals surface area (Å²) in [7, 11) is 0. The molecule has 0 aliphatic carbocycles. The zero-order chi connectivity index (χ0) is 27.9. The summed E-state index contributed by atoms with van der Waals surface area (Å²) in [6.07, 6.45) is 21.9. The molecule has 0 saturated carbocycles. The molecule has 2 heteroatoms. The van der Waals surface area contributed by atoms with Gasteiger partial charge in [-0.2, -0.15) is 0 Å². The van der Waals surface area contributed by atoms with E-state index in [1.807, 2.05) is 0 Å². The van der Waals surface area contributed by atoms with Gasteiger partial charge >= 0.3 is 0 Å². The summed E-state index contributed by atoms with van der Waals surface area (Å²) in [6, 6.07) is 33.4. The van der Waals surface area contributed by atoms with Gasteiger partial charge in [0, 0.05) is 37.0 Å². The predicted octanol–water partition coefficient (Wildman–Crippen LogP) is 10.7. The molecule has 0 N–H and O–H groups in total. The first-order chi connectivity index (χ1) is 19.8. The largest absolute Gasteiger partial charge is 0.352 e. The highest BCUT2D eigenvalue weighted by atomic mass is 15.4. The van der Waals surface area contributed by atoms with Gasteiger partial charge in [-0.05, 0) is 36.1 Å². The van der Waals surface area contributed by atoms with E-state index in [0.717, 1.165) is 19.4 Å². The smallest absolute Gasteiger partial charge is 0.127 e. The van der Waals surface area contributed by atoms with E-state index < -0.39 is 0 Å². The molecule has 0 radical (unpaired) electrons. The van der Waals surface area contributed by atoms with Gasteiger partial charge in [-0.25, -0.2) is 0 Å². The zero-order valence-corrected chi connectivity index (χ0v) is 25.2. The molecule has 3 aromatic rings. The van der Waals surface area contributed by atoms with E-state index in [4.69, 9.17) is 0 Å². The summed E-state index contributed by atoms with van der Waals surface area (Å²) >= 11 is 0. The molecule has 0 bridgehead atoms. The number of nitrogens with zero attached hydrogens (tertiary/aromatic N) is 2. The second kappa shape index (κ2) is 16.3. The number of hydrogen-bond donors (Lipinski definition) is 0. The SMILES string of the molecule is CCCCCCCCCCCCCN1C=CN(c2ccccc2)C1(Cc1ccccc1)C(CC)c1ccccc1. The van der Waals surface area contributed by atoms with Crippen molar-refractivity contribution in [1.82, 2.24) is 4.90 Å². The van der Waals surface area contributed by atoms with Crippen LogP contribution in [0.1, 0.15) is 108 Å². The van der Waals surface area contributed by atoms with Crippen molar-refractivity contribution in [3.63, 3.8) is 0 Å². The highest BCUT2D eigenvalue weighted by molar-refractivity contribution is 5.56. The highest BCUT2D eigenvalue weighted by Crippen LogP contribution is 2.47. The molecule has 0 aromatic heterocycles.